The molecule has 3 aromatic rings. The molecule has 1 aliphatic rings. The smallest absolute Gasteiger partial charge is 0.271 e. The summed E-state index contributed by atoms with van der Waals surface area (Å²) in [5.74, 6) is -0.264. The third-order valence-corrected chi connectivity index (χ3v) is 5.01. The molecule has 0 aliphatic carbocycles. The molecular formula is C25H36N4O2. The number of hydrogen-bond donors (Lipinski definition) is 2. The van der Waals surface area contributed by atoms with E-state index in [1.165, 1.54) is 11.1 Å². The Morgan fingerprint density at radius 3 is 2.55 bits per heavy atom. The van der Waals surface area contributed by atoms with Gasteiger partial charge in [0.25, 0.3) is 5.91 Å². The average Bonchev–Trinajstić information content (AvgIpc) is 3.23. The molecule has 4 rings (SSSR count). The minimum absolute atomic E-state index is 0.212. The summed E-state index contributed by atoms with van der Waals surface area (Å²) in [4.78, 5) is 18.9. The number of benzene rings is 1. The van der Waals surface area contributed by atoms with Crippen LogP contribution < -0.4 is 5.32 Å². The number of amides is 1. The van der Waals surface area contributed by atoms with Gasteiger partial charge in [0.1, 0.15) is 11.3 Å². The Balaban J connectivity index is 0.000000807. The van der Waals surface area contributed by atoms with Gasteiger partial charge in [-0.2, -0.15) is 0 Å². The number of aryl methyl sites for hydroxylation is 1. The van der Waals surface area contributed by atoms with Crippen molar-refractivity contribution in [2.45, 2.75) is 53.7 Å². The fraction of sp³-hybridized carbons (Fsp3) is 0.440. The van der Waals surface area contributed by atoms with Crippen LogP contribution in [0.2, 0.25) is 0 Å². The highest BCUT2D eigenvalue weighted by atomic mass is 16.3. The van der Waals surface area contributed by atoms with Crippen molar-refractivity contribution in [2.75, 3.05) is 19.6 Å². The van der Waals surface area contributed by atoms with Crippen LogP contribution in [0.4, 0.5) is 0 Å². The van der Waals surface area contributed by atoms with Crippen molar-refractivity contribution < 1.29 is 9.90 Å². The van der Waals surface area contributed by atoms with E-state index in [9.17, 15) is 9.90 Å². The van der Waals surface area contributed by atoms with Crippen LogP contribution in [0.5, 0.6) is 0 Å². The summed E-state index contributed by atoms with van der Waals surface area (Å²) < 4.78 is 1.84. The van der Waals surface area contributed by atoms with Crippen LogP contribution in [0.3, 0.4) is 0 Å². The topological polar surface area (TPSA) is 69.9 Å². The van der Waals surface area contributed by atoms with Crippen LogP contribution in [0.15, 0.2) is 48.8 Å². The van der Waals surface area contributed by atoms with E-state index in [0.717, 1.165) is 30.7 Å². The van der Waals surface area contributed by atoms with Crippen LogP contribution in [0, 0.1) is 6.92 Å². The van der Waals surface area contributed by atoms with E-state index in [0.29, 0.717) is 12.2 Å². The van der Waals surface area contributed by atoms with E-state index in [2.05, 4.69) is 39.5 Å². The molecule has 2 aromatic heterocycles. The summed E-state index contributed by atoms with van der Waals surface area (Å²) in [5.41, 5.74) is 4.90. The van der Waals surface area contributed by atoms with Gasteiger partial charge in [-0.3, -0.25) is 9.69 Å². The second kappa shape index (κ2) is 12.2. The first-order chi connectivity index (χ1) is 15.1. The summed E-state index contributed by atoms with van der Waals surface area (Å²) >= 11 is 0. The highest BCUT2D eigenvalue weighted by molar-refractivity contribution is 5.92. The van der Waals surface area contributed by atoms with E-state index in [1.54, 1.807) is 6.20 Å². The largest absolute Gasteiger partial charge is 0.390 e. The molecule has 0 saturated heterocycles. The quantitative estimate of drug-likeness (QED) is 0.653. The first kappa shape index (κ1) is 24.6. The Labute approximate surface area is 185 Å². The van der Waals surface area contributed by atoms with E-state index in [-0.39, 0.29) is 12.5 Å². The molecule has 6 nitrogen and oxygen atoms in total. The number of carbonyl (C=O) groups is 1. The summed E-state index contributed by atoms with van der Waals surface area (Å²) in [6.45, 7) is 12.5. The third kappa shape index (κ3) is 6.64. The zero-order chi connectivity index (χ0) is 22.8. The lowest BCUT2D eigenvalue weighted by Crippen LogP contribution is -2.42. The molecular weight excluding hydrogens is 388 g/mol. The molecule has 168 valence electrons. The van der Waals surface area contributed by atoms with Gasteiger partial charge in [-0.15, -0.1) is 0 Å². The first-order valence-electron chi connectivity index (χ1n) is 11.3. The van der Waals surface area contributed by atoms with E-state index in [1.807, 2.05) is 57.3 Å². The number of hydrogen-bond acceptors (Lipinski definition) is 4. The van der Waals surface area contributed by atoms with Gasteiger partial charge in [0.2, 0.25) is 0 Å². The SMILES string of the molecule is CC.CC.Cc1ccc2nc(C(=O)NCC(O)CN3CCc4ccccc4C3)cn2c1. The maximum absolute atomic E-state index is 12.3. The van der Waals surface area contributed by atoms with Crippen molar-refractivity contribution in [3.63, 3.8) is 0 Å². The first-order valence-corrected chi connectivity index (χ1v) is 11.3. The zero-order valence-corrected chi connectivity index (χ0v) is 19.4. The number of rotatable bonds is 5. The monoisotopic (exact) mass is 424 g/mol. The lowest BCUT2D eigenvalue weighted by Gasteiger charge is -2.30. The minimum atomic E-state index is -0.613. The third-order valence-electron chi connectivity index (χ3n) is 5.01. The summed E-state index contributed by atoms with van der Waals surface area (Å²) in [5, 5.41) is 13.1. The van der Waals surface area contributed by atoms with Crippen molar-refractivity contribution in [3.05, 3.63) is 71.2 Å². The van der Waals surface area contributed by atoms with Crippen LogP contribution in [0.25, 0.3) is 5.65 Å². The molecule has 1 unspecified atom stereocenters. The maximum atomic E-state index is 12.3. The van der Waals surface area contributed by atoms with Crippen LogP contribution in [-0.2, 0) is 13.0 Å². The van der Waals surface area contributed by atoms with E-state index in [4.69, 9.17) is 0 Å². The van der Waals surface area contributed by atoms with Gasteiger partial charge in [0.15, 0.2) is 0 Å². The van der Waals surface area contributed by atoms with Crippen LogP contribution in [0.1, 0.15) is 54.9 Å². The number of nitrogens with zero attached hydrogens (tertiary/aromatic N) is 3. The molecule has 1 aromatic carbocycles. The van der Waals surface area contributed by atoms with Crippen molar-refractivity contribution in [2.24, 2.45) is 0 Å². The average molecular weight is 425 g/mol. The van der Waals surface area contributed by atoms with Gasteiger partial charge in [0, 0.05) is 38.6 Å². The molecule has 1 amide bonds. The number of aliphatic hydroxyl groups is 1. The molecule has 1 aliphatic heterocycles. The number of fused-ring (bicyclic) bond motifs is 2. The Bertz CT molecular complexity index is 967. The van der Waals surface area contributed by atoms with Crippen molar-refractivity contribution >= 4 is 11.6 Å². The Hall–Kier alpha value is -2.70. The molecule has 6 heteroatoms. The second-order valence-electron chi connectivity index (χ2n) is 7.22. The number of β-amino-alcohol motifs (C(OH)–C–C–N with tert-alkyl or cyclic N) is 1. The summed E-state index contributed by atoms with van der Waals surface area (Å²) in [6, 6.07) is 12.3. The standard InChI is InChI=1S/C21H24N4O2.2C2H6/c1-15-6-7-20-23-19(14-25(20)11-15)21(27)22-10-18(26)13-24-9-8-16-4-2-3-5-17(16)12-24;2*1-2/h2-7,11,14,18,26H,8-10,12-13H2,1H3,(H,22,27);2*1-2H3. The van der Waals surface area contributed by atoms with E-state index < -0.39 is 6.10 Å². The molecule has 0 fully saturated rings. The predicted molar refractivity (Wildman–Crippen MR) is 126 cm³/mol. The predicted octanol–water partition coefficient (Wildman–Crippen LogP) is 3.84. The zero-order valence-electron chi connectivity index (χ0n) is 19.4. The molecule has 0 radical (unpaired) electrons. The summed E-state index contributed by atoms with van der Waals surface area (Å²) in [7, 11) is 0. The maximum Gasteiger partial charge on any atom is 0.271 e. The summed E-state index contributed by atoms with van der Waals surface area (Å²) in [6.07, 6.45) is 4.03. The van der Waals surface area contributed by atoms with Gasteiger partial charge in [0.05, 0.1) is 6.10 Å². The lowest BCUT2D eigenvalue weighted by molar-refractivity contribution is 0.0838. The molecule has 31 heavy (non-hydrogen) atoms. The fourth-order valence-corrected chi connectivity index (χ4v) is 3.59. The minimum Gasteiger partial charge on any atom is -0.390 e. The van der Waals surface area contributed by atoms with Gasteiger partial charge in [-0.05, 0) is 36.1 Å². The highest BCUT2D eigenvalue weighted by Gasteiger charge is 2.19. The number of aromatic nitrogens is 2. The number of imidazole rings is 1. The molecule has 0 bridgehead atoms. The molecule has 3 heterocycles. The Morgan fingerprint density at radius 2 is 1.81 bits per heavy atom. The van der Waals surface area contributed by atoms with Gasteiger partial charge in [-0.1, -0.05) is 58.0 Å². The normalized spacial score (nSPS) is 13.9. The highest BCUT2D eigenvalue weighted by Crippen LogP contribution is 2.18. The van der Waals surface area contributed by atoms with Crippen molar-refractivity contribution in [1.29, 1.82) is 0 Å². The number of nitrogens with one attached hydrogen (secondary N) is 1. The van der Waals surface area contributed by atoms with Gasteiger partial charge in [-0.25, -0.2) is 4.98 Å². The molecule has 1 atom stereocenters. The Kier molecular flexibility index (Phi) is 9.69. The lowest BCUT2D eigenvalue weighted by atomic mass is 10.00. The fourth-order valence-electron chi connectivity index (χ4n) is 3.59. The van der Waals surface area contributed by atoms with E-state index >= 15 is 0 Å². The number of carbonyl (C=O) groups excluding carboxylic acids is 1. The van der Waals surface area contributed by atoms with Gasteiger partial charge < -0.3 is 14.8 Å². The number of pyridine rings is 1. The van der Waals surface area contributed by atoms with Crippen LogP contribution >= 0.6 is 0 Å². The van der Waals surface area contributed by atoms with Crippen LogP contribution in [-0.4, -0.2) is 51.0 Å². The Morgan fingerprint density at radius 1 is 1.10 bits per heavy atom. The second-order valence-corrected chi connectivity index (χ2v) is 7.22. The number of aliphatic hydroxyl groups excluding tert-OH is 1. The van der Waals surface area contributed by atoms with Crippen molar-refractivity contribution in [1.82, 2.24) is 19.6 Å². The molecule has 0 saturated carbocycles. The van der Waals surface area contributed by atoms with Crippen molar-refractivity contribution in [3.8, 4) is 0 Å². The molecule has 0 spiro atoms. The van der Waals surface area contributed by atoms with Gasteiger partial charge >= 0.3 is 0 Å². The molecule has 2 N–H and O–H groups in total.